The van der Waals surface area contributed by atoms with Gasteiger partial charge >= 0.3 is 5.97 Å². The van der Waals surface area contributed by atoms with Crippen LogP contribution in [0.3, 0.4) is 0 Å². The number of fused-ring (bicyclic) bond motifs is 1. The van der Waals surface area contributed by atoms with E-state index in [0.29, 0.717) is 11.1 Å². The summed E-state index contributed by atoms with van der Waals surface area (Å²) >= 11 is 0. The number of hydrogen-bond donors (Lipinski definition) is 1. The summed E-state index contributed by atoms with van der Waals surface area (Å²) in [5, 5.41) is 10.0. The molecule has 0 saturated carbocycles. The van der Waals surface area contributed by atoms with E-state index in [4.69, 9.17) is 4.74 Å². The number of benzene rings is 1. The molecule has 2 aromatic rings. The van der Waals surface area contributed by atoms with Crippen LogP contribution in [-0.4, -0.2) is 25.4 Å². The maximum absolute atomic E-state index is 13.8. The quantitative estimate of drug-likeness (QED) is 0.497. The van der Waals surface area contributed by atoms with Gasteiger partial charge in [0.2, 0.25) is 6.20 Å². The molecule has 0 unspecified atom stereocenters. The Morgan fingerprint density at radius 2 is 2.11 bits per heavy atom. The topological polar surface area (TPSA) is 59.6 Å². The van der Waals surface area contributed by atoms with E-state index in [1.807, 2.05) is 0 Å². The van der Waals surface area contributed by atoms with E-state index in [9.17, 15) is 14.4 Å². The number of carbonyl (C=O) groups is 1. The van der Waals surface area contributed by atoms with E-state index in [2.05, 4.69) is 4.74 Å². The number of pyridine rings is 1. The summed E-state index contributed by atoms with van der Waals surface area (Å²) in [6.07, 6.45) is 1.33. The second kappa shape index (κ2) is 4.48. The molecule has 1 aromatic carbocycles. The van der Waals surface area contributed by atoms with Crippen molar-refractivity contribution in [2.24, 2.45) is 0 Å². The van der Waals surface area contributed by atoms with Crippen LogP contribution in [0.15, 0.2) is 24.4 Å². The molecule has 0 atom stereocenters. The number of rotatable bonds is 2. The Labute approximate surface area is 102 Å². The standard InChI is InChI=1S/C12H11FNO4/c1-17-11-3-4-14(16)10-6-7(12(15)18-2)9(13)5-8(10)11/h3-6,16H,1-2H3/q+1. The van der Waals surface area contributed by atoms with Crippen molar-refractivity contribution < 1.29 is 28.6 Å². The molecule has 6 heteroatoms. The van der Waals surface area contributed by atoms with Gasteiger partial charge in [-0.15, -0.1) is 0 Å². The monoisotopic (exact) mass is 252 g/mol. The van der Waals surface area contributed by atoms with Crippen molar-refractivity contribution in [1.29, 1.82) is 0 Å². The van der Waals surface area contributed by atoms with Gasteiger partial charge in [-0.25, -0.2) is 9.18 Å². The number of nitrogens with zero attached hydrogens (tertiary/aromatic N) is 1. The molecule has 5 nitrogen and oxygen atoms in total. The largest absolute Gasteiger partial charge is 0.496 e. The first-order valence-electron chi connectivity index (χ1n) is 5.08. The third kappa shape index (κ3) is 1.81. The molecule has 0 aliphatic heterocycles. The van der Waals surface area contributed by atoms with Gasteiger partial charge in [0.1, 0.15) is 17.1 Å². The Morgan fingerprint density at radius 1 is 1.39 bits per heavy atom. The lowest BCUT2D eigenvalue weighted by atomic mass is 10.1. The Hall–Kier alpha value is -2.37. The normalized spacial score (nSPS) is 10.4. The molecular weight excluding hydrogens is 241 g/mol. The minimum atomic E-state index is -0.808. The van der Waals surface area contributed by atoms with E-state index in [1.165, 1.54) is 25.4 Å². The van der Waals surface area contributed by atoms with Crippen LogP contribution >= 0.6 is 0 Å². The molecule has 1 heterocycles. The fourth-order valence-electron chi connectivity index (χ4n) is 1.70. The summed E-state index contributed by atoms with van der Waals surface area (Å²) in [7, 11) is 2.59. The number of aromatic nitrogens is 1. The first kappa shape index (κ1) is 12.1. The van der Waals surface area contributed by atoms with E-state index in [1.54, 1.807) is 0 Å². The number of carbonyl (C=O) groups excluding carboxylic acids is 1. The average molecular weight is 252 g/mol. The zero-order valence-corrected chi connectivity index (χ0v) is 9.81. The predicted molar refractivity (Wildman–Crippen MR) is 59.2 cm³/mol. The van der Waals surface area contributed by atoms with Gasteiger partial charge in [-0.05, 0) is 6.07 Å². The van der Waals surface area contributed by atoms with E-state index >= 15 is 0 Å². The first-order chi connectivity index (χ1) is 8.58. The second-order valence-corrected chi connectivity index (χ2v) is 3.57. The van der Waals surface area contributed by atoms with Crippen LogP contribution in [-0.2, 0) is 4.74 Å². The van der Waals surface area contributed by atoms with Gasteiger partial charge in [-0.1, -0.05) is 0 Å². The minimum absolute atomic E-state index is 0.246. The summed E-state index contributed by atoms with van der Waals surface area (Å²) in [4.78, 5) is 11.4. The number of esters is 1. The maximum Gasteiger partial charge on any atom is 0.341 e. The highest BCUT2D eigenvalue weighted by Crippen LogP contribution is 2.25. The van der Waals surface area contributed by atoms with Crippen LogP contribution in [0.2, 0.25) is 0 Å². The summed E-state index contributed by atoms with van der Waals surface area (Å²) in [6.45, 7) is 0. The Bertz CT molecular complexity index is 627. The highest BCUT2D eigenvalue weighted by atomic mass is 19.1. The van der Waals surface area contributed by atoms with Crippen molar-refractivity contribution in [3.05, 3.63) is 35.8 Å². The van der Waals surface area contributed by atoms with Crippen molar-refractivity contribution >= 4 is 16.9 Å². The van der Waals surface area contributed by atoms with Crippen LogP contribution in [0.25, 0.3) is 10.9 Å². The number of methoxy groups -OCH3 is 2. The van der Waals surface area contributed by atoms with Gasteiger partial charge in [0.15, 0.2) is 0 Å². The van der Waals surface area contributed by atoms with Crippen LogP contribution in [0.1, 0.15) is 10.4 Å². The average Bonchev–Trinajstić information content (AvgIpc) is 2.38. The van der Waals surface area contributed by atoms with Crippen LogP contribution < -0.4 is 9.47 Å². The van der Waals surface area contributed by atoms with Gasteiger partial charge in [-0.3, -0.25) is 5.21 Å². The molecule has 0 bridgehead atoms. The van der Waals surface area contributed by atoms with Crippen molar-refractivity contribution in [3.8, 4) is 5.75 Å². The van der Waals surface area contributed by atoms with E-state index in [-0.39, 0.29) is 11.1 Å². The molecule has 0 fully saturated rings. The second-order valence-electron chi connectivity index (χ2n) is 3.57. The number of halogens is 1. The van der Waals surface area contributed by atoms with Gasteiger partial charge in [0.05, 0.1) is 19.6 Å². The smallest absolute Gasteiger partial charge is 0.341 e. The predicted octanol–water partition coefficient (Wildman–Crippen LogP) is 1.30. The molecule has 94 valence electrons. The lowest BCUT2D eigenvalue weighted by Crippen LogP contribution is -2.30. The lowest BCUT2D eigenvalue weighted by molar-refractivity contribution is -0.884. The van der Waals surface area contributed by atoms with Gasteiger partial charge < -0.3 is 9.47 Å². The van der Waals surface area contributed by atoms with Crippen molar-refractivity contribution in [2.45, 2.75) is 0 Å². The Morgan fingerprint density at radius 3 is 2.72 bits per heavy atom. The number of hydrogen-bond acceptors (Lipinski definition) is 4. The Kier molecular flexibility index (Phi) is 3.01. The zero-order valence-electron chi connectivity index (χ0n) is 9.81. The van der Waals surface area contributed by atoms with Gasteiger partial charge in [-0.2, -0.15) is 0 Å². The molecule has 1 N–H and O–H groups in total. The summed E-state index contributed by atoms with van der Waals surface area (Å²) < 4.78 is 24.1. The minimum Gasteiger partial charge on any atom is -0.496 e. The molecule has 0 aliphatic carbocycles. The van der Waals surface area contributed by atoms with Crippen molar-refractivity contribution in [1.82, 2.24) is 0 Å². The summed E-state index contributed by atoms with van der Waals surface area (Å²) in [5.41, 5.74) is -0.00259. The first-order valence-corrected chi connectivity index (χ1v) is 5.08. The van der Waals surface area contributed by atoms with E-state index in [0.717, 1.165) is 17.9 Å². The molecule has 0 saturated heterocycles. The molecule has 0 amide bonds. The molecule has 2 rings (SSSR count). The maximum atomic E-state index is 13.8. The fraction of sp³-hybridized carbons (Fsp3) is 0.167. The third-order valence-electron chi connectivity index (χ3n) is 2.59. The molecule has 0 spiro atoms. The fourth-order valence-corrected chi connectivity index (χ4v) is 1.70. The lowest BCUT2D eigenvalue weighted by Gasteiger charge is -2.05. The van der Waals surface area contributed by atoms with Gasteiger partial charge in [0.25, 0.3) is 5.52 Å². The molecular formula is C12H11FNO4+. The van der Waals surface area contributed by atoms with Crippen molar-refractivity contribution in [3.63, 3.8) is 0 Å². The van der Waals surface area contributed by atoms with Crippen molar-refractivity contribution in [2.75, 3.05) is 14.2 Å². The van der Waals surface area contributed by atoms with E-state index < -0.39 is 11.8 Å². The highest BCUT2D eigenvalue weighted by molar-refractivity contribution is 5.95. The zero-order chi connectivity index (χ0) is 13.3. The summed E-state index contributed by atoms with van der Waals surface area (Å²) in [6, 6.07) is 3.81. The van der Waals surface area contributed by atoms with Gasteiger partial charge in [0, 0.05) is 16.9 Å². The third-order valence-corrected chi connectivity index (χ3v) is 2.59. The van der Waals surface area contributed by atoms with Crippen LogP contribution in [0.4, 0.5) is 4.39 Å². The molecule has 0 aliphatic rings. The Balaban J connectivity index is 2.79. The molecule has 0 radical (unpaired) electrons. The SMILES string of the molecule is COC(=O)c1cc2c(cc1F)c(OC)cc[n+]2O. The summed E-state index contributed by atoms with van der Waals surface area (Å²) in [5.74, 6) is -1.15. The van der Waals surface area contributed by atoms with Crippen LogP contribution in [0.5, 0.6) is 5.75 Å². The highest BCUT2D eigenvalue weighted by Gasteiger charge is 2.21. The number of ether oxygens (including phenoxy) is 2. The molecule has 1 aromatic heterocycles. The van der Waals surface area contributed by atoms with Crippen LogP contribution in [0, 0.1) is 5.82 Å². The molecule has 18 heavy (non-hydrogen) atoms.